The van der Waals surface area contributed by atoms with E-state index in [2.05, 4.69) is 30.1 Å². The molecule has 3 rings (SSSR count). The summed E-state index contributed by atoms with van der Waals surface area (Å²) < 4.78 is 12.6. The molecular weight excluding hydrogens is 394 g/mol. The lowest BCUT2D eigenvalue weighted by Gasteiger charge is -2.20. The number of benzene rings is 1. The van der Waals surface area contributed by atoms with E-state index in [4.69, 9.17) is 9.47 Å². The molecule has 0 radical (unpaired) electrons. The van der Waals surface area contributed by atoms with E-state index in [1.807, 2.05) is 18.2 Å². The van der Waals surface area contributed by atoms with Crippen LogP contribution in [0.1, 0.15) is 41.9 Å². The second kappa shape index (κ2) is 10.5. The zero-order valence-electron chi connectivity index (χ0n) is 18.9. The molecule has 7 nitrogen and oxygen atoms in total. The molecule has 168 valence electrons. The standard InChI is InChI=1S/C24H33N3O4/c1-17(2)9-11-25-24(29)23-19-10-12-26(16-18-7-5-6-8-20(18)30-3)13-14-27(19)22(28)15-21(23)31-4/h5-8,15,17H,9-14,16H2,1-4H3,(H,25,29). The van der Waals surface area contributed by atoms with E-state index in [1.54, 1.807) is 11.7 Å². The molecule has 31 heavy (non-hydrogen) atoms. The summed E-state index contributed by atoms with van der Waals surface area (Å²) in [7, 11) is 3.18. The van der Waals surface area contributed by atoms with Crippen LogP contribution >= 0.6 is 0 Å². The van der Waals surface area contributed by atoms with Crippen LogP contribution in [0, 0.1) is 5.92 Å². The van der Waals surface area contributed by atoms with Gasteiger partial charge in [-0.25, -0.2) is 0 Å². The first-order valence-corrected chi connectivity index (χ1v) is 10.9. The van der Waals surface area contributed by atoms with E-state index in [0.717, 1.165) is 36.5 Å². The second-order valence-electron chi connectivity index (χ2n) is 8.30. The van der Waals surface area contributed by atoms with Crippen LogP contribution in [0.2, 0.25) is 0 Å². The van der Waals surface area contributed by atoms with Gasteiger partial charge < -0.3 is 19.4 Å². The normalized spacial score (nSPS) is 14.1. The van der Waals surface area contributed by atoms with Crippen LogP contribution in [-0.4, -0.2) is 49.2 Å². The first-order chi connectivity index (χ1) is 14.9. The molecule has 0 bridgehead atoms. The molecule has 1 aromatic heterocycles. The number of ether oxygens (including phenoxy) is 2. The maximum absolute atomic E-state index is 13.0. The summed E-state index contributed by atoms with van der Waals surface area (Å²) >= 11 is 0. The summed E-state index contributed by atoms with van der Waals surface area (Å²) in [4.78, 5) is 28.1. The van der Waals surface area contributed by atoms with Crippen LogP contribution in [0.15, 0.2) is 35.1 Å². The summed E-state index contributed by atoms with van der Waals surface area (Å²) in [6, 6.07) is 9.39. The van der Waals surface area contributed by atoms with E-state index in [-0.39, 0.29) is 11.5 Å². The first-order valence-electron chi connectivity index (χ1n) is 10.9. The van der Waals surface area contributed by atoms with Gasteiger partial charge in [-0.1, -0.05) is 32.0 Å². The van der Waals surface area contributed by atoms with Crippen molar-refractivity contribution in [2.75, 3.05) is 33.9 Å². The maximum atomic E-state index is 13.0. The number of hydrogen-bond acceptors (Lipinski definition) is 5. The number of fused-ring (bicyclic) bond motifs is 1. The van der Waals surface area contributed by atoms with Gasteiger partial charge in [0.2, 0.25) is 0 Å². The SMILES string of the molecule is COc1ccccc1CN1CCc2c(C(=O)NCCC(C)C)c(OC)cc(=O)n2CC1. The highest BCUT2D eigenvalue weighted by Crippen LogP contribution is 2.24. The lowest BCUT2D eigenvalue weighted by molar-refractivity contribution is 0.0946. The Morgan fingerprint density at radius 2 is 1.84 bits per heavy atom. The second-order valence-corrected chi connectivity index (χ2v) is 8.30. The molecule has 7 heteroatoms. The molecule has 0 atom stereocenters. The number of hydrogen-bond donors (Lipinski definition) is 1. The Bertz CT molecular complexity index is 968. The molecule has 1 amide bonds. The van der Waals surface area contributed by atoms with Crippen LogP contribution in [0.5, 0.6) is 11.5 Å². The number of nitrogens with zero attached hydrogens (tertiary/aromatic N) is 2. The van der Waals surface area contributed by atoms with Crippen LogP contribution in [0.25, 0.3) is 0 Å². The van der Waals surface area contributed by atoms with Crippen molar-refractivity contribution in [2.45, 2.75) is 39.8 Å². The van der Waals surface area contributed by atoms with E-state index in [1.165, 1.54) is 13.2 Å². The number of rotatable bonds is 8. The number of methoxy groups -OCH3 is 2. The minimum Gasteiger partial charge on any atom is -0.496 e. The summed E-state index contributed by atoms with van der Waals surface area (Å²) in [6.45, 7) is 7.54. The smallest absolute Gasteiger partial charge is 0.256 e. The van der Waals surface area contributed by atoms with Crippen molar-refractivity contribution in [1.29, 1.82) is 0 Å². The molecule has 1 N–H and O–H groups in total. The number of aromatic nitrogens is 1. The van der Waals surface area contributed by atoms with E-state index < -0.39 is 0 Å². The summed E-state index contributed by atoms with van der Waals surface area (Å²) in [5.74, 6) is 1.52. The Labute approximate surface area is 184 Å². The van der Waals surface area contributed by atoms with E-state index in [0.29, 0.717) is 43.3 Å². The molecule has 1 aromatic carbocycles. The third-order valence-electron chi connectivity index (χ3n) is 5.73. The van der Waals surface area contributed by atoms with Crippen LogP contribution in [0.3, 0.4) is 0 Å². The van der Waals surface area contributed by atoms with Crippen molar-refractivity contribution in [2.24, 2.45) is 5.92 Å². The van der Waals surface area contributed by atoms with Gasteiger partial charge in [0.05, 0.1) is 14.2 Å². The maximum Gasteiger partial charge on any atom is 0.256 e. The molecular formula is C24H33N3O4. The fourth-order valence-electron chi connectivity index (χ4n) is 3.99. The van der Waals surface area contributed by atoms with Gasteiger partial charge in [-0.15, -0.1) is 0 Å². The van der Waals surface area contributed by atoms with Crippen LogP contribution in [0.4, 0.5) is 0 Å². The topological polar surface area (TPSA) is 72.8 Å². The average molecular weight is 428 g/mol. The van der Waals surface area contributed by atoms with Crippen molar-refractivity contribution in [1.82, 2.24) is 14.8 Å². The number of nitrogens with one attached hydrogen (secondary N) is 1. The van der Waals surface area contributed by atoms with Crippen LogP contribution in [-0.2, 0) is 19.5 Å². The van der Waals surface area contributed by atoms with Gasteiger partial charge in [0.1, 0.15) is 17.1 Å². The Morgan fingerprint density at radius 1 is 1.10 bits per heavy atom. The van der Waals surface area contributed by atoms with Gasteiger partial charge in [0.25, 0.3) is 11.5 Å². The lowest BCUT2D eigenvalue weighted by Crippen LogP contribution is -2.32. The van der Waals surface area contributed by atoms with Gasteiger partial charge in [-0.05, 0) is 18.4 Å². The monoisotopic (exact) mass is 427 g/mol. The number of para-hydroxylation sites is 1. The fraction of sp³-hybridized carbons (Fsp3) is 0.500. The molecule has 0 saturated carbocycles. The van der Waals surface area contributed by atoms with Crippen molar-refractivity contribution >= 4 is 5.91 Å². The largest absolute Gasteiger partial charge is 0.496 e. The number of carbonyl (C=O) groups is 1. The molecule has 0 unspecified atom stereocenters. The number of amides is 1. The Morgan fingerprint density at radius 3 is 2.55 bits per heavy atom. The predicted molar refractivity (Wildman–Crippen MR) is 121 cm³/mol. The molecule has 1 aliphatic heterocycles. The molecule has 0 aliphatic carbocycles. The minimum atomic E-state index is -0.181. The van der Waals surface area contributed by atoms with Gasteiger partial charge in [0.15, 0.2) is 0 Å². The Kier molecular flexibility index (Phi) is 7.74. The van der Waals surface area contributed by atoms with E-state index in [9.17, 15) is 9.59 Å². The Balaban J connectivity index is 1.84. The van der Waals surface area contributed by atoms with E-state index >= 15 is 0 Å². The van der Waals surface area contributed by atoms with Crippen molar-refractivity contribution in [3.05, 3.63) is 57.5 Å². The van der Waals surface area contributed by atoms with Gasteiger partial charge in [-0.2, -0.15) is 0 Å². The minimum absolute atomic E-state index is 0.135. The van der Waals surface area contributed by atoms with Crippen molar-refractivity contribution < 1.29 is 14.3 Å². The highest BCUT2D eigenvalue weighted by Gasteiger charge is 2.25. The first kappa shape index (κ1) is 22.9. The third-order valence-corrected chi connectivity index (χ3v) is 5.73. The summed E-state index contributed by atoms with van der Waals surface area (Å²) in [6.07, 6.45) is 1.49. The zero-order chi connectivity index (χ0) is 22.4. The summed E-state index contributed by atoms with van der Waals surface area (Å²) in [5.41, 5.74) is 2.19. The van der Waals surface area contributed by atoms with Gasteiger partial charge in [0, 0.05) is 56.5 Å². The molecule has 0 spiro atoms. The highest BCUT2D eigenvalue weighted by molar-refractivity contribution is 5.98. The van der Waals surface area contributed by atoms with Gasteiger partial charge >= 0.3 is 0 Å². The average Bonchev–Trinajstić information content (AvgIpc) is 2.96. The number of pyridine rings is 1. The molecule has 1 aliphatic rings. The van der Waals surface area contributed by atoms with Crippen molar-refractivity contribution in [3.63, 3.8) is 0 Å². The lowest BCUT2D eigenvalue weighted by atomic mass is 10.1. The quantitative estimate of drug-likeness (QED) is 0.701. The summed E-state index contributed by atoms with van der Waals surface area (Å²) in [5, 5.41) is 3.00. The zero-order valence-corrected chi connectivity index (χ0v) is 18.9. The van der Waals surface area contributed by atoms with Gasteiger partial charge in [-0.3, -0.25) is 14.5 Å². The van der Waals surface area contributed by atoms with Crippen molar-refractivity contribution in [3.8, 4) is 11.5 Å². The number of carbonyl (C=O) groups excluding carboxylic acids is 1. The van der Waals surface area contributed by atoms with Crippen LogP contribution < -0.4 is 20.3 Å². The molecule has 0 saturated heterocycles. The third kappa shape index (κ3) is 5.47. The molecule has 0 fully saturated rings. The highest BCUT2D eigenvalue weighted by atomic mass is 16.5. The predicted octanol–water partition coefficient (Wildman–Crippen LogP) is 2.70. The fourth-order valence-corrected chi connectivity index (χ4v) is 3.99. The molecule has 2 heterocycles. The Hall–Kier alpha value is -2.80. The molecule has 2 aromatic rings.